The molecular weight excluding hydrogens is 323 g/mol. The molecule has 3 nitrogen and oxygen atoms in total. The van der Waals surface area contributed by atoms with Gasteiger partial charge in [-0.1, -0.05) is 28.1 Å². The first-order valence-electron chi connectivity index (χ1n) is 6.09. The van der Waals surface area contributed by atoms with E-state index >= 15 is 0 Å². The van der Waals surface area contributed by atoms with E-state index in [0.717, 1.165) is 15.6 Å². The highest BCUT2D eigenvalue weighted by atomic mass is 79.9. The van der Waals surface area contributed by atoms with E-state index in [9.17, 15) is 9.18 Å². The summed E-state index contributed by atoms with van der Waals surface area (Å²) in [5, 5.41) is 3.22. The van der Waals surface area contributed by atoms with Gasteiger partial charge in [-0.3, -0.25) is 4.79 Å². The number of amides is 1. The fourth-order valence-corrected chi connectivity index (χ4v) is 2.19. The fourth-order valence-electron chi connectivity index (χ4n) is 1.81. The lowest BCUT2D eigenvalue weighted by Gasteiger charge is -2.07. The van der Waals surface area contributed by atoms with Gasteiger partial charge in [0.2, 0.25) is 5.91 Å². The third-order valence-corrected chi connectivity index (χ3v) is 3.66. The highest BCUT2D eigenvalue weighted by molar-refractivity contribution is 9.10. The number of benzene rings is 2. The zero-order valence-corrected chi connectivity index (χ0v) is 12.3. The number of nitrogens with one attached hydrogen (secondary N) is 1. The monoisotopic (exact) mass is 336 g/mol. The number of hydrogen-bond acceptors (Lipinski definition) is 2. The Morgan fingerprint density at radius 1 is 1.15 bits per heavy atom. The smallest absolute Gasteiger partial charge is 0.248 e. The third-order valence-electron chi connectivity index (χ3n) is 2.89. The van der Waals surface area contributed by atoms with Gasteiger partial charge >= 0.3 is 0 Å². The van der Waals surface area contributed by atoms with Crippen molar-refractivity contribution in [2.45, 2.75) is 13.1 Å². The molecule has 0 bridgehead atoms. The van der Waals surface area contributed by atoms with Crippen LogP contribution in [0.5, 0.6) is 0 Å². The van der Waals surface area contributed by atoms with E-state index in [0.29, 0.717) is 18.7 Å². The second-order valence-corrected chi connectivity index (χ2v) is 5.25. The number of halogens is 2. The molecule has 1 amide bonds. The number of primary amides is 1. The molecule has 0 heterocycles. The molecule has 0 atom stereocenters. The Morgan fingerprint density at radius 2 is 1.85 bits per heavy atom. The molecule has 0 aliphatic carbocycles. The van der Waals surface area contributed by atoms with Crippen LogP contribution in [0.3, 0.4) is 0 Å². The summed E-state index contributed by atoms with van der Waals surface area (Å²) in [5.41, 5.74) is 7.55. The minimum absolute atomic E-state index is 0.254. The number of hydrogen-bond donors (Lipinski definition) is 2. The van der Waals surface area contributed by atoms with Crippen LogP contribution >= 0.6 is 15.9 Å². The molecule has 0 aliphatic heterocycles. The zero-order chi connectivity index (χ0) is 14.5. The largest absolute Gasteiger partial charge is 0.366 e. The number of rotatable bonds is 5. The van der Waals surface area contributed by atoms with Crippen LogP contribution in [0.15, 0.2) is 46.9 Å². The van der Waals surface area contributed by atoms with E-state index in [1.54, 1.807) is 18.2 Å². The van der Waals surface area contributed by atoms with Crippen LogP contribution in [0, 0.1) is 5.82 Å². The summed E-state index contributed by atoms with van der Waals surface area (Å²) in [6.45, 7) is 1.18. The summed E-state index contributed by atoms with van der Waals surface area (Å²) >= 11 is 3.38. The van der Waals surface area contributed by atoms with E-state index in [1.165, 1.54) is 12.1 Å². The Labute approximate surface area is 125 Å². The molecule has 0 saturated carbocycles. The van der Waals surface area contributed by atoms with Crippen molar-refractivity contribution in [1.29, 1.82) is 0 Å². The molecule has 0 aromatic heterocycles. The summed E-state index contributed by atoms with van der Waals surface area (Å²) in [4.78, 5) is 10.9. The summed E-state index contributed by atoms with van der Waals surface area (Å²) in [7, 11) is 0. The maximum absolute atomic E-state index is 13.1. The number of carbonyl (C=O) groups excluding carboxylic acids is 1. The van der Waals surface area contributed by atoms with Crippen LogP contribution in [0.1, 0.15) is 21.5 Å². The van der Waals surface area contributed by atoms with Gasteiger partial charge in [0, 0.05) is 23.1 Å². The van der Waals surface area contributed by atoms with Gasteiger partial charge in [0.05, 0.1) is 0 Å². The normalized spacial score (nSPS) is 10.5. The van der Waals surface area contributed by atoms with E-state index in [-0.39, 0.29) is 5.82 Å². The Morgan fingerprint density at radius 3 is 2.50 bits per heavy atom. The van der Waals surface area contributed by atoms with Crippen molar-refractivity contribution in [2.75, 3.05) is 0 Å². The van der Waals surface area contributed by atoms with Gasteiger partial charge in [0.15, 0.2) is 0 Å². The minimum Gasteiger partial charge on any atom is -0.366 e. The lowest BCUT2D eigenvalue weighted by Crippen LogP contribution is -2.14. The van der Waals surface area contributed by atoms with Gasteiger partial charge in [-0.25, -0.2) is 4.39 Å². The lowest BCUT2D eigenvalue weighted by molar-refractivity contribution is 0.100. The Kier molecular flexibility index (Phi) is 4.87. The average Bonchev–Trinajstić information content (AvgIpc) is 2.43. The zero-order valence-electron chi connectivity index (χ0n) is 10.7. The standard InChI is InChI=1S/C15H14BrFN2O/c16-14-6-5-13(17)7-12(14)9-19-8-10-1-3-11(4-2-10)15(18)20/h1-7,19H,8-9H2,(H2,18,20). The van der Waals surface area contributed by atoms with Crippen LogP contribution in [-0.2, 0) is 13.1 Å². The minimum atomic E-state index is -0.437. The lowest BCUT2D eigenvalue weighted by atomic mass is 10.1. The van der Waals surface area contributed by atoms with E-state index in [2.05, 4.69) is 21.2 Å². The second kappa shape index (κ2) is 6.63. The fraction of sp³-hybridized carbons (Fsp3) is 0.133. The summed E-state index contributed by atoms with van der Waals surface area (Å²) in [6, 6.07) is 11.7. The SMILES string of the molecule is NC(=O)c1ccc(CNCc2cc(F)ccc2Br)cc1. The van der Waals surface area contributed by atoms with Crippen LogP contribution in [-0.4, -0.2) is 5.91 Å². The van der Waals surface area contributed by atoms with Gasteiger partial charge in [-0.2, -0.15) is 0 Å². The molecule has 0 fully saturated rings. The van der Waals surface area contributed by atoms with Crippen molar-refractivity contribution in [2.24, 2.45) is 5.73 Å². The average molecular weight is 337 g/mol. The van der Waals surface area contributed by atoms with E-state index < -0.39 is 5.91 Å². The first-order valence-corrected chi connectivity index (χ1v) is 6.89. The molecule has 0 unspecified atom stereocenters. The molecule has 0 radical (unpaired) electrons. The molecule has 5 heteroatoms. The van der Waals surface area contributed by atoms with Gasteiger partial charge in [0.1, 0.15) is 5.82 Å². The Hall–Kier alpha value is -1.72. The maximum atomic E-state index is 13.1. The number of nitrogens with two attached hydrogens (primary N) is 1. The van der Waals surface area contributed by atoms with E-state index in [4.69, 9.17) is 5.73 Å². The molecule has 0 saturated heterocycles. The van der Waals surface area contributed by atoms with Gasteiger partial charge in [0.25, 0.3) is 0 Å². The molecule has 0 aliphatic rings. The molecular formula is C15H14BrFN2O. The number of carbonyl (C=O) groups is 1. The van der Waals surface area contributed by atoms with Crippen LogP contribution in [0.2, 0.25) is 0 Å². The Bertz CT molecular complexity index is 614. The van der Waals surface area contributed by atoms with Crippen molar-refractivity contribution in [3.63, 3.8) is 0 Å². The van der Waals surface area contributed by atoms with Crippen molar-refractivity contribution in [3.8, 4) is 0 Å². The predicted molar refractivity (Wildman–Crippen MR) is 79.6 cm³/mol. The first kappa shape index (κ1) is 14.7. The van der Waals surface area contributed by atoms with E-state index in [1.807, 2.05) is 12.1 Å². The molecule has 3 N–H and O–H groups in total. The van der Waals surface area contributed by atoms with Crippen LogP contribution < -0.4 is 11.1 Å². The van der Waals surface area contributed by atoms with Crippen molar-refractivity contribution >= 4 is 21.8 Å². The third kappa shape index (κ3) is 3.88. The van der Waals surface area contributed by atoms with Gasteiger partial charge in [-0.15, -0.1) is 0 Å². The molecule has 2 rings (SSSR count). The molecule has 0 spiro atoms. The van der Waals surface area contributed by atoms with Crippen molar-refractivity contribution in [3.05, 3.63) is 69.4 Å². The molecule has 20 heavy (non-hydrogen) atoms. The highest BCUT2D eigenvalue weighted by Gasteiger charge is 2.02. The summed E-state index contributed by atoms with van der Waals surface area (Å²) in [6.07, 6.45) is 0. The van der Waals surface area contributed by atoms with Crippen LogP contribution in [0.25, 0.3) is 0 Å². The second-order valence-electron chi connectivity index (χ2n) is 4.40. The molecule has 104 valence electrons. The van der Waals surface area contributed by atoms with Gasteiger partial charge in [-0.05, 0) is 41.5 Å². The first-order chi connectivity index (χ1) is 9.56. The van der Waals surface area contributed by atoms with Crippen LogP contribution in [0.4, 0.5) is 4.39 Å². The predicted octanol–water partition coefficient (Wildman–Crippen LogP) is 2.98. The highest BCUT2D eigenvalue weighted by Crippen LogP contribution is 2.17. The molecule has 2 aromatic rings. The summed E-state index contributed by atoms with van der Waals surface area (Å²) in [5.74, 6) is -0.691. The van der Waals surface area contributed by atoms with Crippen molar-refractivity contribution < 1.29 is 9.18 Å². The topological polar surface area (TPSA) is 55.1 Å². The summed E-state index contributed by atoms with van der Waals surface area (Å²) < 4.78 is 14.0. The van der Waals surface area contributed by atoms with Crippen molar-refractivity contribution in [1.82, 2.24) is 5.32 Å². The van der Waals surface area contributed by atoms with Gasteiger partial charge < -0.3 is 11.1 Å². The quantitative estimate of drug-likeness (QED) is 0.881. The Balaban J connectivity index is 1.92. The molecule has 2 aromatic carbocycles. The maximum Gasteiger partial charge on any atom is 0.248 e.